The first kappa shape index (κ1) is 11.8. The maximum atomic E-state index is 5.61. The second-order valence-electron chi connectivity index (χ2n) is 4.90. The molecular formula is C10H22OSi. The van der Waals surface area contributed by atoms with E-state index in [0.717, 1.165) is 6.42 Å². The van der Waals surface area contributed by atoms with Gasteiger partial charge in [0.2, 0.25) is 0 Å². The van der Waals surface area contributed by atoms with Crippen LogP contribution in [0.3, 0.4) is 0 Å². The highest BCUT2D eigenvalue weighted by Gasteiger charge is 2.14. The van der Waals surface area contributed by atoms with Gasteiger partial charge in [-0.05, 0) is 20.3 Å². The summed E-state index contributed by atoms with van der Waals surface area (Å²) < 4.78 is 5.61. The molecule has 0 aromatic rings. The molecule has 0 fully saturated rings. The van der Waals surface area contributed by atoms with Crippen LogP contribution in [0.15, 0.2) is 12.0 Å². The van der Waals surface area contributed by atoms with Crippen LogP contribution in [0.4, 0.5) is 0 Å². The molecule has 1 nitrogen and oxygen atoms in total. The van der Waals surface area contributed by atoms with Gasteiger partial charge in [-0.25, -0.2) is 0 Å². The minimum atomic E-state index is -1.08. The van der Waals surface area contributed by atoms with Crippen molar-refractivity contribution in [1.82, 2.24) is 0 Å². The number of hydrogen-bond donors (Lipinski definition) is 0. The van der Waals surface area contributed by atoms with Crippen molar-refractivity contribution in [3.63, 3.8) is 0 Å². The molecule has 0 aliphatic rings. The van der Waals surface area contributed by atoms with Crippen molar-refractivity contribution < 1.29 is 4.74 Å². The molecule has 0 N–H and O–H groups in total. The molecule has 0 aromatic heterocycles. The average Bonchev–Trinajstić information content (AvgIpc) is 1.84. The topological polar surface area (TPSA) is 9.23 Å². The lowest BCUT2D eigenvalue weighted by Crippen LogP contribution is -2.21. The molecule has 0 atom stereocenters. The Balaban J connectivity index is 3.91. The summed E-state index contributed by atoms with van der Waals surface area (Å²) in [6.07, 6.45) is 2.93. The Labute approximate surface area is 77.8 Å². The van der Waals surface area contributed by atoms with Gasteiger partial charge in [0.05, 0.1) is 14.3 Å². The summed E-state index contributed by atoms with van der Waals surface area (Å²) in [6.45, 7) is 13.3. The van der Waals surface area contributed by atoms with E-state index in [2.05, 4.69) is 46.1 Å². The van der Waals surface area contributed by atoms with Gasteiger partial charge >= 0.3 is 0 Å². The van der Waals surface area contributed by atoms with Gasteiger partial charge < -0.3 is 4.74 Å². The third kappa shape index (κ3) is 6.47. The Morgan fingerprint density at radius 3 is 2.08 bits per heavy atom. The Morgan fingerprint density at radius 2 is 1.75 bits per heavy atom. The third-order valence-electron chi connectivity index (χ3n) is 1.81. The van der Waals surface area contributed by atoms with Crippen LogP contribution in [0.1, 0.15) is 27.2 Å². The van der Waals surface area contributed by atoms with E-state index in [1.807, 2.05) is 6.26 Å². The first-order valence-corrected chi connectivity index (χ1v) is 8.20. The van der Waals surface area contributed by atoms with E-state index >= 15 is 0 Å². The number of ether oxygens (including phenoxy) is 1. The van der Waals surface area contributed by atoms with E-state index < -0.39 is 8.07 Å². The van der Waals surface area contributed by atoms with Gasteiger partial charge in [0.15, 0.2) is 0 Å². The van der Waals surface area contributed by atoms with Gasteiger partial charge in [-0.15, -0.1) is 0 Å². The second kappa shape index (κ2) is 4.12. The quantitative estimate of drug-likeness (QED) is 0.481. The van der Waals surface area contributed by atoms with E-state index in [9.17, 15) is 0 Å². The largest absolute Gasteiger partial charge is 0.496 e. The fourth-order valence-electron chi connectivity index (χ4n) is 0.506. The molecule has 2 heteroatoms. The maximum Gasteiger partial charge on any atom is 0.102 e. The summed E-state index contributed by atoms with van der Waals surface area (Å²) in [7, 11) is -1.08. The van der Waals surface area contributed by atoms with Crippen LogP contribution in [-0.2, 0) is 4.74 Å². The molecule has 0 aliphatic carbocycles. The van der Waals surface area contributed by atoms with Gasteiger partial charge in [-0.3, -0.25) is 0 Å². The van der Waals surface area contributed by atoms with Crippen molar-refractivity contribution in [2.24, 2.45) is 0 Å². The Morgan fingerprint density at radius 1 is 1.25 bits per heavy atom. The maximum absolute atomic E-state index is 5.61. The molecule has 0 amide bonds. The predicted octanol–water partition coefficient (Wildman–Crippen LogP) is 3.58. The zero-order chi connectivity index (χ0) is 9.83. The minimum absolute atomic E-state index is 0.00382. The SMILES string of the molecule is CCC(C)(C)O/C=C\[Si](C)(C)C. The second-order valence-corrected chi connectivity index (χ2v) is 9.97. The van der Waals surface area contributed by atoms with E-state index in [4.69, 9.17) is 4.74 Å². The van der Waals surface area contributed by atoms with Crippen LogP contribution >= 0.6 is 0 Å². The molecule has 0 aromatic carbocycles. The molecular weight excluding hydrogens is 164 g/mol. The molecule has 0 unspecified atom stereocenters. The molecule has 0 spiro atoms. The number of hydrogen-bond acceptors (Lipinski definition) is 1. The molecule has 72 valence electrons. The van der Waals surface area contributed by atoms with Crippen molar-refractivity contribution in [2.75, 3.05) is 0 Å². The molecule has 0 aliphatic heterocycles. The van der Waals surface area contributed by atoms with E-state index in [0.29, 0.717) is 0 Å². The standard InChI is InChI=1S/C10H22OSi/c1-7-10(2,3)11-8-9-12(4,5)6/h8-9H,7H2,1-6H3/b9-8-. The van der Waals surface area contributed by atoms with Crippen LogP contribution in [0.2, 0.25) is 19.6 Å². The Kier molecular flexibility index (Phi) is 4.04. The monoisotopic (exact) mass is 186 g/mol. The molecule has 0 saturated carbocycles. The van der Waals surface area contributed by atoms with Crippen LogP contribution < -0.4 is 0 Å². The van der Waals surface area contributed by atoms with Crippen molar-refractivity contribution in [1.29, 1.82) is 0 Å². The molecule has 0 radical (unpaired) electrons. The normalized spacial score (nSPS) is 13.8. The summed E-state index contributed by atoms with van der Waals surface area (Å²) in [5.74, 6) is 0. The van der Waals surface area contributed by atoms with Crippen molar-refractivity contribution in [2.45, 2.75) is 52.4 Å². The molecule has 12 heavy (non-hydrogen) atoms. The molecule has 0 rings (SSSR count). The van der Waals surface area contributed by atoms with Crippen molar-refractivity contribution in [3.05, 3.63) is 12.0 Å². The van der Waals surface area contributed by atoms with E-state index in [-0.39, 0.29) is 5.60 Å². The molecule has 0 bridgehead atoms. The minimum Gasteiger partial charge on any atom is -0.496 e. The van der Waals surface area contributed by atoms with Gasteiger partial charge in [-0.1, -0.05) is 32.3 Å². The van der Waals surface area contributed by atoms with Gasteiger partial charge in [-0.2, -0.15) is 0 Å². The van der Waals surface area contributed by atoms with Crippen LogP contribution in [0, 0.1) is 0 Å². The van der Waals surface area contributed by atoms with Crippen molar-refractivity contribution >= 4 is 8.07 Å². The Hall–Kier alpha value is -0.243. The highest BCUT2D eigenvalue weighted by atomic mass is 28.3. The first-order valence-electron chi connectivity index (χ1n) is 4.62. The molecule has 0 heterocycles. The Bertz CT molecular complexity index is 154. The fourth-order valence-corrected chi connectivity index (χ4v) is 0.982. The number of rotatable bonds is 4. The van der Waals surface area contributed by atoms with Gasteiger partial charge in [0.25, 0.3) is 0 Å². The summed E-state index contributed by atoms with van der Waals surface area (Å²) in [5, 5.41) is 0. The third-order valence-corrected chi connectivity index (χ3v) is 2.94. The lowest BCUT2D eigenvalue weighted by Gasteiger charge is -2.22. The van der Waals surface area contributed by atoms with E-state index in [1.54, 1.807) is 0 Å². The smallest absolute Gasteiger partial charge is 0.102 e. The lowest BCUT2D eigenvalue weighted by molar-refractivity contribution is 0.0545. The first-order chi connectivity index (χ1) is 5.27. The van der Waals surface area contributed by atoms with Gasteiger partial charge in [0, 0.05) is 0 Å². The zero-order valence-electron chi connectivity index (χ0n) is 9.27. The van der Waals surface area contributed by atoms with E-state index in [1.165, 1.54) is 0 Å². The van der Waals surface area contributed by atoms with Crippen LogP contribution in [0.25, 0.3) is 0 Å². The fraction of sp³-hybridized carbons (Fsp3) is 0.800. The summed E-state index contributed by atoms with van der Waals surface area (Å²) in [6, 6.07) is 0. The molecule has 0 saturated heterocycles. The summed E-state index contributed by atoms with van der Waals surface area (Å²) >= 11 is 0. The summed E-state index contributed by atoms with van der Waals surface area (Å²) in [5.41, 5.74) is 2.22. The summed E-state index contributed by atoms with van der Waals surface area (Å²) in [4.78, 5) is 0. The zero-order valence-corrected chi connectivity index (χ0v) is 10.3. The lowest BCUT2D eigenvalue weighted by atomic mass is 10.1. The van der Waals surface area contributed by atoms with Gasteiger partial charge in [0.1, 0.15) is 5.60 Å². The van der Waals surface area contributed by atoms with Crippen LogP contribution in [-0.4, -0.2) is 13.7 Å². The predicted molar refractivity (Wildman–Crippen MR) is 57.9 cm³/mol. The highest BCUT2D eigenvalue weighted by molar-refractivity contribution is 6.80. The van der Waals surface area contributed by atoms with Crippen molar-refractivity contribution in [3.8, 4) is 0 Å². The highest BCUT2D eigenvalue weighted by Crippen LogP contribution is 2.14. The van der Waals surface area contributed by atoms with Crippen LogP contribution in [0.5, 0.6) is 0 Å². The average molecular weight is 186 g/mol.